The summed E-state index contributed by atoms with van der Waals surface area (Å²) in [6, 6.07) is 2.92. The number of carboxylic acid groups (broad SMARTS) is 1. The monoisotopic (exact) mass is 239 g/mol. The van der Waals surface area contributed by atoms with Gasteiger partial charge in [-0.3, -0.25) is 4.79 Å². The topological polar surface area (TPSA) is 81.8 Å². The van der Waals surface area contributed by atoms with E-state index in [0.717, 1.165) is 5.56 Å². The molecule has 17 heavy (non-hydrogen) atoms. The molecule has 1 aromatic carbocycles. The normalized spacial score (nSPS) is 12.0. The van der Waals surface area contributed by atoms with Crippen LogP contribution < -0.4 is 15.2 Å². The number of hydrogen-bond donors (Lipinski definition) is 2. The molecule has 0 spiro atoms. The molecule has 0 aromatic heterocycles. The van der Waals surface area contributed by atoms with Crippen LogP contribution in [0.2, 0.25) is 0 Å². The van der Waals surface area contributed by atoms with Gasteiger partial charge in [-0.2, -0.15) is 0 Å². The molecule has 0 aliphatic carbocycles. The minimum absolute atomic E-state index is 0.137. The molecule has 1 aromatic rings. The van der Waals surface area contributed by atoms with Gasteiger partial charge in [0.05, 0.1) is 20.6 Å². The van der Waals surface area contributed by atoms with E-state index < -0.39 is 12.0 Å². The fourth-order valence-corrected chi connectivity index (χ4v) is 1.68. The Balaban J connectivity index is 3.13. The summed E-state index contributed by atoms with van der Waals surface area (Å²) in [4.78, 5) is 10.6. The fourth-order valence-electron chi connectivity index (χ4n) is 1.68. The molecule has 0 radical (unpaired) electrons. The lowest BCUT2D eigenvalue weighted by molar-refractivity contribution is -0.137. The number of carbonyl (C=O) groups is 1. The molecule has 0 saturated heterocycles. The van der Waals surface area contributed by atoms with Crippen molar-refractivity contribution in [3.8, 4) is 11.5 Å². The molecule has 5 heteroatoms. The van der Waals surface area contributed by atoms with Crippen LogP contribution in [0, 0.1) is 6.92 Å². The average molecular weight is 239 g/mol. The van der Waals surface area contributed by atoms with Crippen molar-refractivity contribution in [2.45, 2.75) is 19.4 Å². The molecular formula is C12H17NO4. The highest BCUT2D eigenvalue weighted by molar-refractivity contribution is 5.68. The van der Waals surface area contributed by atoms with Crippen LogP contribution in [-0.2, 0) is 4.79 Å². The number of rotatable bonds is 5. The van der Waals surface area contributed by atoms with Gasteiger partial charge >= 0.3 is 5.97 Å². The molecule has 1 rings (SSSR count). The third-order valence-electron chi connectivity index (χ3n) is 2.54. The third kappa shape index (κ3) is 3.10. The van der Waals surface area contributed by atoms with E-state index in [0.29, 0.717) is 17.1 Å². The molecule has 1 atom stereocenters. The molecule has 0 fully saturated rings. The molecule has 0 bridgehead atoms. The second-order valence-electron chi connectivity index (χ2n) is 3.77. The summed E-state index contributed by atoms with van der Waals surface area (Å²) in [5.41, 5.74) is 7.40. The largest absolute Gasteiger partial charge is 0.496 e. The first-order valence-corrected chi connectivity index (χ1v) is 5.19. The lowest BCUT2D eigenvalue weighted by Crippen LogP contribution is -2.16. The van der Waals surface area contributed by atoms with Crippen molar-refractivity contribution < 1.29 is 19.4 Å². The van der Waals surface area contributed by atoms with Gasteiger partial charge in [-0.1, -0.05) is 0 Å². The molecule has 0 saturated carbocycles. The van der Waals surface area contributed by atoms with Crippen molar-refractivity contribution in [2.75, 3.05) is 14.2 Å². The first-order chi connectivity index (χ1) is 7.99. The van der Waals surface area contributed by atoms with E-state index in [1.54, 1.807) is 19.2 Å². The Morgan fingerprint density at radius 1 is 1.35 bits per heavy atom. The maximum absolute atomic E-state index is 10.6. The smallest absolute Gasteiger partial charge is 0.305 e. The van der Waals surface area contributed by atoms with E-state index >= 15 is 0 Å². The maximum atomic E-state index is 10.6. The minimum Gasteiger partial charge on any atom is -0.496 e. The number of carboxylic acids is 1. The van der Waals surface area contributed by atoms with Gasteiger partial charge in [0, 0.05) is 17.7 Å². The van der Waals surface area contributed by atoms with Gasteiger partial charge in [0.1, 0.15) is 11.5 Å². The molecule has 1 unspecified atom stereocenters. The van der Waals surface area contributed by atoms with E-state index in [1.807, 2.05) is 6.92 Å². The van der Waals surface area contributed by atoms with Crippen molar-refractivity contribution in [2.24, 2.45) is 5.73 Å². The number of aliphatic carboxylic acids is 1. The predicted octanol–water partition coefficient (Wildman–Crippen LogP) is 1.49. The number of benzene rings is 1. The summed E-state index contributed by atoms with van der Waals surface area (Å²) in [6.07, 6.45) is -0.137. The molecule has 0 aliphatic heterocycles. The summed E-state index contributed by atoms with van der Waals surface area (Å²) in [5, 5.41) is 8.73. The Kier molecular flexibility index (Phi) is 4.34. The molecule has 0 amide bonds. The van der Waals surface area contributed by atoms with Crippen molar-refractivity contribution in [1.29, 1.82) is 0 Å². The quantitative estimate of drug-likeness (QED) is 0.813. The summed E-state index contributed by atoms with van der Waals surface area (Å²) < 4.78 is 10.4. The van der Waals surface area contributed by atoms with Gasteiger partial charge < -0.3 is 20.3 Å². The van der Waals surface area contributed by atoms with Crippen molar-refractivity contribution in [3.63, 3.8) is 0 Å². The summed E-state index contributed by atoms with van der Waals surface area (Å²) in [5.74, 6) is 0.294. The zero-order chi connectivity index (χ0) is 13.0. The van der Waals surface area contributed by atoms with Crippen LogP contribution in [-0.4, -0.2) is 25.3 Å². The van der Waals surface area contributed by atoms with E-state index in [1.165, 1.54) is 7.11 Å². The fraction of sp³-hybridized carbons (Fsp3) is 0.417. The van der Waals surface area contributed by atoms with E-state index in [-0.39, 0.29) is 6.42 Å². The van der Waals surface area contributed by atoms with Gasteiger partial charge in [-0.05, 0) is 18.6 Å². The van der Waals surface area contributed by atoms with Crippen LogP contribution in [0.1, 0.15) is 23.6 Å². The number of hydrogen-bond acceptors (Lipinski definition) is 4. The van der Waals surface area contributed by atoms with Crippen LogP contribution in [0.3, 0.4) is 0 Å². The molecule has 0 aliphatic rings. The highest BCUT2D eigenvalue weighted by Crippen LogP contribution is 2.32. The maximum Gasteiger partial charge on any atom is 0.305 e. The van der Waals surface area contributed by atoms with E-state index in [9.17, 15) is 4.79 Å². The predicted molar refractivity (Wildman–Crippen MR) is 63.5 cm³/mol. The Morgan fingerprint density at radius 2 is 1.94 bits per heavy atom. The second-order valence-corrected chi connectivity index (χ2v) is 3.77. The first-order valence-electron chi connectivity index (χ1n) is 5.19. The average Bonchev–Trinajstić information content (AvgIpc) is 2.27. The minimum atomic E-state index is -0.937. The van der Waals surface area contributed by atoms with Crippen molar-refractivity contribution in [3.05, 3.63) is 23.3 Å². The standard InChI is InChI=1S/C12H17NO4/c1-7-4-8(9(13)5-12(14)15)11(17-3)6-10(7)16-2/h4,6,9H,5,13H2,1-3H3,(H,14,15). The molecule has 0 heterocycles. The van der Waals surface area contributed by atoms with Gasteiger partial charge in [-0.15, -0.1) is 0 Å². The number of nitrogens with two attached hydrogens (primary N) is 1. The number of aryl methyl sites for hydroxylation is 1. The molecule has 3 N–H and O–H groups in total. The van der Waals surface area contributed by atoms with Crippen LogP contribution in [0.25, 0.3) is 0 Å². The van der Waals surface area contributed by atoms with Crippen LogP contribution in [0.4, 0.5) is 0 Å². The highest BCUT2D eigenvalue weighted by atomic mass is 16.5. The van der Waals surface area contributed by atoms with Gasteiger partial charge in [-0.25, -0.2) is 0 Å². The second kappa shape index (κ2) is 5.54. The Hall–Kier alpha value is -1.75. The zero-order valence-corrected chi connectivity index (χ0v) is 10.2. The molecule has 94 valence electrons. The summed E-state index contributed by atoms with van der Waals surface area (Å²) >= 11 is 0. The Morgan fingerprint density at radius 3 is 2.41 bits per heavy atom. The lowest BCUT2D eigenvalue weighted by Gasteiger charge is -2.16. The highest BCUT2D eigenvalue weighted by Gasteiger charge is 2.17. The number of methoxy groups -OCH3 is 2. The first kappa shape index (κ1) is 13.3. The van der Waals surface area contributed by atoms with Gasteiger partial charge in [0.25, 0.3) is 0 Å². The molecular weight excluding hydrogens is 222 g/mol. The van der Waals surface area contributed by atoms with Crippen LogP contribution in [0.5, 0.6) is 11.5 Å². The van der Waals surface area contributed by atoms with Crippen LogP contribution >= 0.6 is 0 Å². The summed E-state index contributed by atoms with van der Waals surface area (Å²) in [6.45, 7) is 1.87. The SMILES string of the molecule is COc1cc(OC)c(C(N)CC(=O)O)cc1C. The molecule has 5 nitrogen and oxygen atoms in total. The van der Waals surface area contributed by atoms with Gasteiger partial charge in [0.15, 0.2) is 0 Å². The Labute approximate surface area is 100 Å². The lowest BCUT2D eigenvalue weighted by atomic mass is 10.0. The van der Waals surface area contributed by atoms with E-state index in [2.05, 4.69) is 0 Å². The van der Waals surface area contributed by atoms with Crippen LogP contribution in [0.15, 0.2) is 12.1 Å². The van der Waals surface area contributed by atoms with Gasteiger partial charge in [0.2, 0.25) is 0 Å². The zero-order valence-electron chi connectivity index (χ0n) is 10.2. The summed E-state index contributed by atoms with van der Waals surface area (Å²) in [7, 11) is 3.08. The van der Waals surface area contributed by atoms with E-state index in [4.69, 9.17) is 20.3 Å². The third-order valence-corrected chi connectivity index (χ3v) is 2.54. The van der Waals surface area contributed by atoms with Crippen molar-refractivity contribution >= 4 is 5.97 Å². The Bertz CT molecular complexity index is 417. The van der Waals surface area contributed by atoms with Crippen molar-refractivity contribution in [1.82, 2.24) is 0 Å². The number of ether oxygens (including phenoxy) is 2.